The van der Waals surface area contributed by atoms with E-state index in [1.807, 2.05) is 6.92 Å². The highest BCUT2D eigenvalue weighted by atomic mass is 16.5. The van der Waals surface area contributed by atoms with Crippen LogP contribution >= 0.6 is 0 Å². The lowest BCUT2D eigenvalue weighted by atomic mass is 10.0. The van der Waals surface area contributed by atoms with Crippen LogP contribution in [-0.4, -0.2) is 94.3 Å². The molecule has 0 aliphatic carbocycles. The molecule has 8 nitrogen and oxygen atoms in total. The molecule has 0 aromatic carbocycles. The van der Waals surface area contributed by atoms with E-state index in [2.05, 4.69) is 27.0 Å². The van der Waals surface area contributed by atoms with Gasteiger partial charge in [-0.1, -0.05) is 12.1 Å². The maximum Gasteiger partial charge on any atom is 0.227 e. The summed E-state index contributed by atoms with van der Waals surface area (Å²) in [6.07, 6.45) is 2.17. The predicted octanol–water partition coefficient (Wildman–Crippen LogP) is -0.225. The summed E-state index contributed by atoms with van der Waals surface area (Å²) in [6.45, 7) is 7.66. The van der Waals surface area contributed by atoms with Gasteiger partial charge >= 0.3 is 0 Å². The number of carbonyl (C=O) groups is 1. The molecular formula is C17H29N5O3. The van der Waals surface area contributed by atoms with E-state index < -0.39 is 5.60 Å². The Balaban J connectivity index is 1.45. The lowest BCUT2D eigenvalue weighted by Crippen LogP contribution is -2.52. The van der Waals surface area contributed by atoms with Crippen LogP contribution in [-0.2, 0) is 17.6 Å². The Kier molecular flexibility index (Phi) is 5.71. The number of amides is 1. The molecule has 25 heavy (non-hydrogen) atoms. The summed E-state index contributed by atoms with van der Waals surface area (Å²) < 4.78 is 5.13. The second kappa shape index (κ2) is 7.80. The molecule has 0 saturated carbocycles. The van der Waals surface area contributed by atoms with Crippen molar-refractivity contribution in [3.8, 4) is 0 Å². The Morgan fingerprint density at radius 3 is 2.72 bits per heavy atom. The lowest BCUT2D eigenvalue weighted by molar-refractivity contribution is -0.131. The van der Waals surface area contributed by atoms with E-state index in [9.17, 15) is 9.90 Å². The van der Waals surface area contributed by atoms with E-state index in [1.54, 1.807) is 4.90 Å². The third-order valence-corrected chi connectivity index (χ3v) is 5.18. The molecular weight excluding hydrogens is 322 g/mol. The number of hydrogen-bond donors (Lipinski definition) is 1. The average molecular weight is 351 g/mol. The number of hydrogen-bond acceptors (Lipinski definition) is 7. The van der Waals surface area contributed by atoms with Gasteiger partial charge in [0, 0.05) is 58.5 Å². The maximum absolute atomic E-state index is 12.4. The zero-order valence-corrected chi connectivity index (χ0v) is 15.3. The SMILES string of the molecule is CCc1noc(CCC(=O)N2CC[C@](O)(CN3CCN(C)CC3)C2)n1. The van der Waals surface area contributed by atoms with Crippen LogP contribution in [0.3, 0.4) is 0 Å². The smallest absolute Gasteiger partial charge is 0.227 e. The normalized spacial score (nSPS) is 25.6. The van der Waals surface area contributed by atoms with E-state index in [1.165, 1.54) is 0 Å². The fraction of sp³-hybridized carbons (Fsp3) is 0.824. The number of likely N-dealkylation sites (tertiary alicyclic amines) is 1. The van der Waals surface area contributed by atoms with Crippen LogP contribution in [0.4, 0.5) is 0 Å². The molecule has 3 heterocycles. The third kappa shape index (κ3) is 4.77. The van der Waals surface area contributed by atoms with Crippen molar-refractivity contribution in [2.45, 2.75) is 38.2 Å². The summed E-state index contributed by atoms with van der Waals surface area (Å²) in [6, 6.07) is 0. The minimum atomic E-state index is -0.786. The van der Waals surface area contributed by atoms with Crippen molar-refractivity contribution in [3.63, 3.8) is 0 Å². The van der Waals surface area contributed by atoms with Crippen molar-refractivity contribution < 1.29 is 14.4 Å². The summed E-state index contributed by atoms with van der Waals surface area (Å²) in [7, 11) is 2.12. The van der Waals surface area contributed by atoms with Crippen LogP contribution in [0.2, 0.25) is 0 Å². The summed E-state index contributed by atoms with van der Waals surface area (Å²) in [5.74, 6) is 1.23. The number of nitrogens with zero attached hydrogens (tertiary/aromatic N) is 5. The van der Waals surface area contributed by atoms with Gasteiger partial charge < -0.3 is 19.4 Å². The molecule has 2 aliphatic rings. The topological polar surface area (TPSA) is 85.9 Å². The third-order valence-electron chi connectivity index (χ3n) is 5.18. The second-order valence-electron chi connectivity index (χ2n) is 7.33. The Morgan fingerprint density at radius 2 is 2.04 bits per heavy atom. The van der Waals surface area contributed by atoms with Crippen LogP contribution in [0.25, 0.3) is 0 Å². The van der Waals surface area contributed by atoms with Crippen LogP contribution < -0.4 is 0 Å². The van der Waals surface area contributed by atoms with Gasteiger partial charge in [0.25, 0.3) is 0 Å². The second-order valence-corrected chi connectivity index (χ2v) is 7.33. The number of rotatable bonds is 6. The zero-order valence-electron chi connectivity index (χ0n) is 15.3. The first-order chi connectivity index (χ1) is 12.0. The summed E-state index contributed by atoms with van der Waals surface area (Å²) in [4.78, 5) is 23.0. The van der Waals surface area contributed by atoms with E-state index >= 15 is 0 Å². The molecule has 1 atom stereocenters. The highest BCUT2D eigenvalue weighted by molar-refractivity contribution is 5.76. The number of aryl methyl sites for hydroxylation is 2. The molecule has 8 heteroatoms. The first-order valence-corrected chi connectivity index (χ1v) is 9.20. The molecule has 1 aromatic rings. The molecule has 2 aliphatic heterocycles. The largest absolute Gasteiger partial charge is 0.387 e. The Bertz CT molecular complexity index is 585. The van der Waals surface area contributed by atoms with Crippen LogP contribution in [0.15, 0.2) is 4.52 Å². The van der Waals surface area contributed by atoms with Crippen LogP contribution in [0.1, 0.15) is 31.5 Å². The van der Waals surface area contributed by atoms with E-state index in [0.29, 0.717) is 50.6 Å². The first kappa shape index (κ1) is 18.3. The first-order valence-electron chi connectivity index (χ1n) is 9.20. The summed E-state index contributed by atoms with van der Waals surface area (Å²) in [5.41, 5.74) is -0.786. The van der Waals surface area contributed by atoms with Crippen molar-refractivity contribution in [1.82, 2.24) is 24.8 Å². The number of piperazine rings is 1. The van der Waals surface area contributed by atoms with Gasteiger partial charge in [-0.05, 0) is 13.5 Å². The van der Waals surface area contributed by atoms with Gasteiger partial charge in [0.1, 0.15) is 0 Å². The summed E-state index contributed by atoms with van der Waals surface area (Å²) >= 11 is 0. The molecule has 3 rings (SSSR count). The lowest BCUT2D eigenvalue weighted by Gasteiger charge is -2.36. The van der Waals surface area contributed by atoms with Gasteiger partial charge in [-0.3, -0.25) is 9.69 Å². The molecule has 2 saturated heterocycles. The van der Waals surface area contributed by atoms with Gasteiger partial charge in [-0.25, -0.2) is 0 Å². The average Bonchev–Trinajstić information content (AvgIpc) is 3.22. The molecule has 0 spiro atoms. The van der Waals surface area contributed by atoms with Crippen molar-refractivity contribution in [2.75, 3.05) is 52.9 Å². The van der Waals surface area contributed by atoms with Crippen molar-refractivity contribution in [3.05, 3.63) is 11.7 Å². The Hall–Kier alpha value is -1.51. The standard InChI is InChI=1S/C17H29N5O3/c1-3-14-18-15(25-19-14)4-5-16(23)22-7-6-17(24,13-22)12-21-10-8-20(2)9-11-21/h24H,3-13H2,1-2H3/t17-/m0/s1. The number of β-amino-alcohol motifs (C(OH)–C–C–N with tert-alkyl or cyclic N) is 1. The number of carbonyl (C=O) groups excluding carboxylic acids is 1. The minimum absolute atomic E-state index is 0.0468. The summed E-state index contributed by atoms with van der Waals surface area (Å²) in [5, 5.41) is 14.7. The molecule has 1 amide bonds. The van der Waals surface area contributed by atoms with E-state index in [-0.39, 0.29) is 5.91 Å². The van der Waals surface area contributed by atoms with E-state index in [4.69, 9.17) is 4.52 Å². The Labute approximate surface area is 148 Å². The molecule has 140 valence electrons. The maximum atomic E-state index is 12.4. The van der Waals surface area contributed by atoms with Gasteiger partial charge in [-0.15, -0.1) is 0 Å². The van der Waals surface area contributed by atoms with Gasteiger partial charge in [-0.2, -0.15) is 4.98 Å². The predicted molar refractivity (Wildman–Crippen MR) is 92.1 cm³/mol. The monoisotopic (exact) mass is 351 g/mol. The molecule has 1 aromatic heterocycles. The molecule has 2 fully saturated rings. The highest BCUT2D eigenvalue weighted by Crippen LogP contribution is 2.24. The van der Waals surface area contributed by atoms with Gasteiger partial charge in [0.05, 0.1) is 12.1 Å². The highest BCUT2D eigenvalue weighted by Gasteiger charge is 2.39. The number of likely N-dealkylation sites (N-methyl/N-ethyl adjacent to an activating group) is 1. The van der Waals surface area contributed by atoms with Crippen LogP contribution in [0, 0.1) is 0 Å². The Morgan fingerprint density at radius 1 is 1.28 bits per heavy atom. The zero-order chi connectivity index (χ0) is 17.9. The number of aliphatic hydroxyl groups is 1. The fourth-order valence-corrected chi connectivity index (χ4v) is 3.53. The van der Waals surface area contributed by atoms with Crippen molar-refractivity contribution in [1.29, 1.82) is 0 Å². The van der Waals surface area contributed by atoms with Gasteiger partial charge in [0.15, 0.2) is 5.82 Å². The molecule has 1 N–H and O–H groups in total. The quantitative estimate of drug-likeness (QED) is 0.758. The van der Waals surface area contributed by atoms with Crippen molar-refractivity contribution in [2.24, 2.45) is 0 Å². The molecule has 0 unspecified atom stereocenters. The van der Waals surface area contributed by atoms with Crippen LogP contribution in [0.5, 0.6) is 0 Å². The van der Waals surface area contributed by atoms with Crippen molar-refractivity contribution >= 4 is 5.91 Å². The number of aromatic nitrogens is 2. The fourth-order valence-electron chi connectivity index (χ4n) is 3.53. The van der Waals surface area contributed by atoms with Gasteiger partial charge in [0.2, 0.25) is 11.8 Å². The minimum Gasteiger partial charge on any atom is -0.387 e. The molecule has 0 bridgehead atoms. The van der Waals surface area contributed by atoms with E-state index in [0.717, 1.165) is 32.6 Å². The molecule has 0 radical (unpaired) electrons.